The first kappa shape index (κ1) is 11.9. The number of nitrogens with one attached hydrogen (secondary N) is 1. The number of nitrogens with zero attached hydrogens (tertiary/aromatic N) is 3. The lowest BCUT2D eigenvalue weighted by atomic mass is 10.2. The van der Waals surface area contributed by atoms with E-state index in [-0.39, 0.29) is 0 Å². The van der Waals surface area contributed by atoms with E-state index in [1.54, 1.807) is 17.5 Å². The third-order valence-electron chi connectivity index (χ3n) is 3.56. The first-order valence-corrected chi connectivity index (χ1v) is 7.44. The molecule has 20 heavy (non-hydrogen) atoms. The Morgan fingerprint density at radius 3 is 3.00 bits per heavy atom. The molecular formula is C14H14N4OS. The molecule has 1 atom stereocenters. The smallest absolute Gasteiger partial charge is 0.150 e. The highest BCUT2D eigenvalue weighted by Crippen LogP contribution is 2.34. The maximum atomic E-state index is 5.48. The number of aromatic nitrogens is 4. The van der Waals surface area contributed by atoms with Gasteiger partial charge in [-0.2, -0.15) is 5.10 Å². The molecule has 5 nitrogen and oxygen atoms in total. The number of hydrogen-bond donors (Lipinski definition) is 1. The Balaban J connectivity index is 1.70. The Hall–Kier alpha value is -1.92. The van der Waals surface area contributed by atoms with Crippen molar-refractivity contribution in [3.05, 3.63) is 36.8 Å². The van der Waals surface area contributed by atoms with E-state index in [0.29, 0.717) is 6.04 Å². The van der Waals surface area contributed by atoms with Crippen LogP contribution in [0.4, 0.5) is 0 Å². The highest BCUT2D eigenvalue weighted by molar-refractivity contribution is 7.18. The van der Waals surface area contributed by atoms with Gasteiger partial charge in [-0.15, -0.1) is 11.3 Å². The van der Waals surface area contributed by atoms with E-state index >= 15 is 0 Å². The molecular weight excluding hydrogens is 272 g/mol. The second kappa shape index (κ2) is 4.88. The van der Waals surface area contributed by atoms with E-state index < -0.39 is 0 Å². The lowest BCUT2D eigenvalue weighted by molar-refractivity contribution is 0.187. The van der Waals surface area contributed by atoms with E-state index in [1.165, 1.54) is 9.75 Å². The van der Waals surface area contributed by atoms with Crippen molar-refractivity contribution in [2.75, 3.05) is 13.2 Å². The summed E-state index contributed by atoms with van der Waals surface area (Å²) in [6, 6.07) is 6.62. The molecule has 1 unspecified atom stereocenters. The molecule has 0 aliphatic carbocycles. The van der Waals surface area contributed by atoms with Gasteiger partial charge in [0.1, 0.15) is 5.82 Å². The number of H-pyrrole nitrogens is 1. The first-order valence-electron chi connectivity index (χ1n) is 6.62. The number of thiophene rings is 1. The van der Waals surface area contributed by atoms with Gasteiger partial charge in [0.05, 0.1) is 28.1 Å². The van der Waals surface area contributed by atoms with Gasteiger partial charge in [-0.3, -0.25) is 5.10 Å². The molecule has 0 saturated carbocycles. The van der Waals surface area contributed by atoms with Crippen molar-refractivity contribution in [3.8, 4) is 21.3 Å². The second-order valence-electron chi connectivity index (χ2n) is 4.81. The maximum Gasteiger partial charge on any atom is 0.150 e. The van der Waals surface area contributed by atoms with Crippen LogP contribution in [0, 0.1) is 0 Å². The standard InChI is InChI=1S/C14H14N4OS/c1-2-13(20-12(1)11-3-5-16-17-11)14-15-6-7-18(14)10-4-8-19-9-10/h1-3,5-7,10H,4,8-9H2,(H,16,17). The molecule has 0 amide bonds. The fraction of sp³-hybridized carbons (Fsp3) is 0.286. The number of ether oxygens (including phenoxy) is 1. The Kier molecular flexibility index (Phi) is 2.90. The van der Waals surface area contributed by atoms with Gasteiger partial charge < -0.3 is 9.30 Å². The van der Waals surface area contributed by atoms with Crippen molar-refractivity contribution in [1.29, 1.82) is 0 Å². The molecule has 6 heteroatoms. The predicted molar refractivity (Wildman–Crippen MR) is 77.6 cm³/mol. The van der Waals surface area contributed by atoms with Crippen LogP contribution < -0.4 is 0 Å². The fourth-order valence-electron chi connectivity index (χ4n) is 2.54. The topological polar surface area (TPSA) is 55.7 Å². The number of hydrogen-bond acceptors (Lipinski definition) is 4. The number of imidazole rings is 1. The van der Waals surface area contributed by atoms with Gasteiger partial charge >= 0.3 is 0 Å². The summed E-state index contributed by atoms with van der Waals surface area (Å²) in [4.78, 5) is 6.87. The second-order valence-corrected chi connectivity index (χ2v) is 5.89. The van der Waals surface area contributed by atoms with Crippen molar-refractivity contribution >= 4 is 11.3 Å². The van der Waals surface area contributed by atoms with Crippen LogP contribution in [0.3, 0.4) is 0 Å². The number of aromatic amines is 1. The van der Waals surface area contributed by atoms with Crippen molar-refractivity contribution < 1.29 is 4.74 Å². The molecule has 1 fully saturated rings. The third kappa shape index (κ3) is 1.97. The van der Waals surface area contributed by atoms with Crippen molar-refractivity contribution in [3.63, 3.8) is 0 Å². The lowest BCUT2D eigenvalue weighted by Gasteiger charge is -2.12. The van der Waals surface area contributed by atoms with Crippen LogP contribution in [0.2, 0.25) is 0 Å². The summed E-state index contributed by atoms with van der Waals surface area (Å²) in [6.07, 6.45) is 6.74. The molecule has 4 heterocycles. The zero-order chi connectivity index (χ0) is 13.4. The van der Waals surface area contributed by atoms with Gasteiger partial charge in [-0.25, -0.2) is 4.98 Å². The quantitative estimate of drug-likeness (QED) is 0.805. The zero-order valence-electron chi connectivity index (χ0n) is 10.8. The van der Waals surface area contributed by atoms with E-state index in [4.69, 9.17) is 4.74 Å². The highest BCUT2D eigenvalue weighted by atomic mass is 32.1. The number of rotatable bonds is 3. The van der Waals surface area contributed by atoms with E-state index in [2.05, 4.69) is 31.9 Å². The molecule has 1 saturated heterocycles. The first-order chi connectivity index (χ1) is 9.92. The molecule has 102 valence electrons. The average Bonchev–Trinajstić information content (AvgIpc) is 3.23. The minimum absolute atomic E-state index is 0.408. The molecule has 4 rings (SSSR count). The van der Waals surface area contributed by atoms with E-state index in [1.807, 2.05) is 18.5 Å². The molecule has 3 aromatic heterocycles. The Bertz CT molecular complexity index is 694. The zero-order valence-corrected chi connectivity index (χ0v) is 11.6. The predicted octanol–water partition coefficient (Wildman–Crippen LogP) is 2.96. The Morgan fingerprint density at radius 1 is 1.25 bits per heavy atom. The molecule has 0 radical (unpaired) electrons. The van der Waals surface area contributed by atoms with Gasteiger partial charge in [-0.1, -0.05) is 0 Å². The monoisotopic (exact) mass is 286 g/mol. The summed E-state index contributed by atoms with van der Waals surface area (Å²) in [5.41, 5.74) is 1.04. The average molecular weight is 286 g/mol. The van der Waals surface area contributed by atoms with E-state index in [9.17, 15) is 0 Å². The molecule has 1 aliphatic heterocycles. The van der Waals surface area contributed by atoms with Crippen LogP contribution in [0.25, 0.3) is 21.3 Å². The molecule has 1 aliphatic rings. The molecule has 0 aromatic carbocycles. The summed E-state index contributed by atoms with van der Waals surface area (Å²) in [5, 5.41) is 6.99. The summed E-state index contributed by atoms with van der Waals surface area (Å²) in [7, 11) is 0. The van der Waals surface area contributed by atoms with Gasteiger partial charge in [0.15, 0.2) is 0 Å². The minimum Gasteiger partial charge on any atom is -0.379 e. The minimum atomic E-state index is 0.408. The van der Waals surface area contributed by atoms with Gasteiger partial charge in [0, 0.05) is 25.2 Å². The van der Waals surface area contributed by atoms with Crippen LogP contribution in [0.5, 0.6) is 0 Å². The van der Waals surface area contributed by atoms with Crippen LogP contribution in [-0.2, 0) is 4.74 Å². The normalized spacial score (nSPS) is 18.7. The summed E-state index contributed by atoms with van der Waals surface area (Å²) >= 11 is 1.73. The van der Waals surface area contributed by atoms with Crippen molar-refractivity contribution in [2.24, 2.45) is 0 Å². The van der Waals surface area contributed by atoms with Crippen LogP contribution in [-0.4, -0.2) is 33.0 Å². The van der Waals surface area contributed by atoms with Crippen molar-refractivity contribution in [1.82, 2.24) is 19.7 Å². The van der Waals surface area contributed by atoms with Crippen LogP contribution in [0.15, 0.2) is 36.8 Å². The fourth-order valence-corrected chi connectivity index (χ4v) is 3.52. The maximum absolute atomic E-state index is 5.48. The largest absolute Gasteiger partial charge is 0.379 e. The Labute approximate surface area is 120 Å². The van der Waals surface area contributed by atoms with Crippen LogP contribution >= 0.6 is 11.3 Å². The van der Waals surface area contributed by atoms with Crippen molar-refractivity contribution in [2.45, 2.75) is 12.5 Å². The molecule has 0 bridgehead atoms. The summed E-state index contributed by atoms with van der Waals surface area (Å²) < 4.78 is 7.71. The van der Waals surface area contributed by atoms with Gasteiger partial charge in [-0.05, 0) is 24.6 Å². The SMILES string of the molecule is c1cc(-c2ccc(-c3nccn3C3CCOC3)s2)[nH]n1. The summed E-state index contributed by atoms with van der Waals surface area (Å²) in [6.45, 7) is 1.62. The van der Waals surface area contributed by atoms with Gasteiger partial charge in [0.25, 0.3) is 0 Å². The summed E-state index contributed by atoms with van der Waals surface area (Å²) in [5.74, 6) is 1.02. The van der Waals surface area contributed by atoms with Crippen LogP contribution in [0.1, 0.15) is 12.5 Å². The molecule has 1 N–H and O–H groups in total. The molecule has 3 aromatic rings. The lowest BCUT2D eigenvalue weighted by Crippen LogP contribution is -2.08. The highest BCUT2D eigenvalue weighted by Gasteiger charge is 2.21. The van der Waals surface area contributed by atoms with E-state index in [0.717, 1.165) is 31.2 Å². The third-order valence-corrected chi connectivity index (χ3v) is 4.67. The van der Waals surface area contributed by atoms with Gasteiger partial charge in [0.2, 0.25) is 0 Å². The molecule has 0 spiro atoms. The Morgan fingerprint density at radius 2 is 2.20 bits per heavy atom.